The number of phenolic OH excluding ortho intramolecular Hbond substituents is 1. The van der Waals surface area contributed by atoms with Crippen LogP contribution in [0.4, 0.5) is 0 Å². The maximum absolute atomic E-state index is 9.62. The molecule has 0 saturated carbocycles. The average Bonchev–Trinajstić information content (AvgIpc) is 2.29. The first-order valence-electron chi connectivity index (χ1n) is 4.96. The molecular formula is C12H13NO2. The van der Waals surface area contributed by atoms with Crippen LogP contribution in [0.5, 0.6) is 5.75 Å². The van der Waals surface area contributed by atoms with Crippen molar-refractivity contribution in [2.75, 3.05) is 6.61 Å². The molecule has 0 saturated heterocycles. The van der Waals surface area contributed by atoms with Gasteiger partial charge in [-0.25, -0.2) is 0 Å². The Morgan fingerprint density at radius 1 is 1.33 bits per heavy atom. The fourth-order valence-corrected chi connectivity index (χ4v) is 1.55. The quantitative estimate of drug-likeness (QED) is 0.833. The molecule has 0 aliphatic rings. The zero-order valence-electron chi connectivity index (χ0n) is 8.60. The second kappa shape index (κ2) is 4.28. The summed E-state index contributed by atoms with van der Waals surface area (Å²) in [6, 6.07) is 7.33. The molecule has 2 aromatic rings. The van der Waals surface area contributed by atoms with Crippen LogP contribution >= 0.6 is 0 Å². The smallest absolute Gasteiger partial charge is 0.141 e. The Morgan fingerprint density at radius 3 is 3.00 bits per heavy atom. The van der Waals surface area contributed by atoms with Crippen LogP contribution < -0.4 is 0 Å². The number of benzene rings is 1. The zero-order valence-corrected chi connectivity index (χ0v) is 8.60. The molecule has 1 heterocycles. The van der Waals surface area contributed by atoms with Crippen molar-refractivity contribution in [3.63, 3.8) is 0 Å². The van der Waals surface area contributed by atoms with Crippen molar-refractivity contribution in [3.05, 3.63) is 36.0 Å². The molecule has 0 bridgehead atoms. The van der Waals surface area contributed by atoms with Gasteiger partial charge in [-0.3, -0.25) is 4.98 Å². The number of rotatable bonds is 3. The number of nitrogens with zero attached hydrogens (tertiary/aromatic N) is 1. The third-order valence-corrected chi connectivity index (χ3v) is 2.30. The van der Waals surface area contributed by atoms with Gasteiger partial charge in [-0.1, -0.05) is 12.1 Å². The molecule has 3 heteroatoms. The summed E-state index contributed by atoms with van der Waals surface area (Å²) in [5.74, 6) is 0.214. The van der Waals surface area contributed by atoms with E-state index in [1.165, 1.54) is 0 Å². The largest absolute Gasteiger partial charge is 0.506 e. The Balaban J connectivity index is 2.51. The number of aromatic nitrogens is 1. The van der Waals surface area contributed by atoms with Gasteiger partial charge in [-0.15, -0.1) is 0 Å². The van der Waals surface area contributed by atoms with Crippen LogP contribution in [0.25, 0.3) is 10.9 Å². The Hall–Kier alpha value is -1.61. The van der Waals surface area contributed by atoms with Crippen LogP contribution in [0.15, 0.2) is 30.5 Å². The van der Waals surface area contributed by atoms with Gasteiger partial charge in [0.05, 0.1) is 6.61 Å². The molecule has 0 atom stereocenters. The molecule has 0 amide bonds. The summed E-state index contributed by atoms with van der Waals surface area (Å²) in [6.45, 7) is 3.20. The van der Waals surface area contributed by atoms with E-state index in [4.69, 9.17) is 4.74 Å². The Bertz CT molecular complexity index is 468. The first-order valence-corrected chi connectivity index (χ1v) is 4.96. The predicted molar refractivity (Wildman–Crippen MR) is 58.7 cm³/mol. The summed E-state index contributed by atoms with van der Waals surface area (Å²) in [4.78, 5) is 4.14. The van der Waals surface area contributed by atoms with Gasteiger partial charge >= 0.3 is 0 Å². The molecule has 0 radical (unpaired) electrons. The van der Waals surface area contributed by atoms with Crippen molar-refractivity contribution in [1.82, 2.24) is 4.98 Å². The second-order valence-electron chi connectivity index (χ2n) is 3.28. The lowest BCUT2D eigenvalue weighted by atomic mass is 10.1. The number of phenols is 1. The maximum atomic E-state index is 9.62. The summed E-state index contributed by atoms with van der Waals surface area (Å²) in [7, 11) is 0. The summed E-state index contributed by atoms with van der Waals surface area (Å²) in [5.41, 5.74) is 1.69. The van der Waals surface area contributed by atoms with Gasteiger partial charge in [0, 0.05) is 18.2 Å². The third kappa shape index (κ3) is 1.92. The number of hydrogen-bond donors (Lipinski definition) is 1. The summed E-state index contributed by atoms with van der Waals surface area (Å²) in [6.07, 6.45) is 1.67. The molecule has 1 N–H and O–H groups in total. The van der Waals surface area contributed by atoms with E-state index in [9.17, 15) is 5.11 Å². The molecule has 3 nitrogen and oxygen atoms in total. The van der Waals surface area contributed by atoms with Crippen LogP contribution in [0, 0.1) is 0 Å². The number of hydrogen-bond acceptors (Lipinski definition) is 3. The highest BCUT2D eigenvalue weighted by Gasteiger charge is 2.05. The molecule has 0 spiro atoms. The van der Waals surface area contributed by atoms with Crippen LogP contribution in [0.2, 0.25) is 0 Å². The first kappa shape index (κ1) is 9.93. The average molecular weight is 203 g/mol. The lowest BCUT2D eigenvalue weighted by Crippen LogP contribution is -1.93. The molecule has 2 rings (SSSR count). The van der Waals surface area contributed by atoms with Crippen molar-refractivity contribution in [3.8, 4) is 5.75 Å². The Morgan fingerprint density at radius 2 is 2.20 bits per heavy atom. The van der Waals surface area contributed by atoms with Crippen molar-refractivity contribution < 1.29 is 9.84 Å². The Kier molecular flexibility index (Phi) is 2.83. The second-order valence-corrected chi connectivity index (χ2v) is 3.28. The minimum Gasteiger partial charge on any atom is -0.506 e. The van der Waals surface area contributed by atoms with Crippen LogP contribution in [-0.2, 0) is 11.3 Å². The van der Waals surface area contributed by atoms with E-state index in [1.807, 2.05) is 25.1 Å². The molecule has 78 valence electrons. The van der Waals surface area contributed by atoms with Crippen molar-refractivity contribution in [1.29, 1.82) is 0 Å². The zero-order chi connectivity index (χ0) is 10.7. The van der Waals surface area contributed by atoms with E-state index >= 15 is 0 Å². The van der Waals surface area contributed by atoms with E-state index in [0.29, 0.717) is 18.7 Å². The SMILES string of the molecule is CCOCc1ccc(O)c2ncccc12. The minimum absolute atomic E-state index is 0.214. The fraction of sp³-hybridized carbons (Fsp3) is 0.250. The molecule has 0 aliphatic heterocycles. The molecule has 0 aliphatic carbocycles. The van der Waals surface area contributed by atoms with Crippen molar-refractivity contribution in [2.45, 2.75) is 13.5 Å². The molecule has 15 heavy (non-hydrogen) atoms. The first-order chi connectivity index (χ1) is 7.33. The highest BCUT2D eigenvalue weighted by molar-refractivity contribution is 5.86. The van der Waals surface area contributed by atoms with Gasteiger partial charge in [0.15, 0.2) is 0 Å². The van der Waals surface area contributed by atoms with E-state index in [2.05, 4.69) is 4.98 Å². The number of ether oxygens (including phenoxy) is 1. The van der Waals surface area contributed by atoms with E-state index in [1.54, 1.807) is 12.3 Å². The lowest BCUT2D eigenvalue weighted by Gasteiger charge is -2.06. The standard InChI is InChI=1S/C12H13NO2/c1-2-15-8-9-5-6-11(14)12-10(9)4-3-7-13-12/h3-7,14H,2,8H2,1H3. The maximum Gasteiger partial charge on any atom is 0.141 e. The van der Waals surface area contributed by atoms with E-state index < -0.39 is 0 Å². The summed E-state index contributed by atoms with van der Waals surface area (Å²) >= 11 is 0. The predicted octanol–water partition coefficient (Wildman–Crippen LogP) is 2.48. The highest BCUT2D eigenvalue weighted by atomic mass is 16.5. The summed E-state index contributed by atoms with van der Waals surface area (Å²) < 4.78 is 5.36. The highest BCUT2D eigenvalue weighted by Crippen LogP contribution is 2.25. The Labute approximate surface area is 88.3 Å². The molecular weight excluding hydrogens is 190 g/mol. The molecule has 1 aromatic carbocycles. The van der Waals surface area contributed by atoms with E-state index in [0.717, 1.165) is 10.9 Å². The number of aromatic hydroxyl groups is 1. The van der Waals surface area contributed by atoms with Gasteiger partial charge in [0.25, 0.3) is 0 Å². The fourth-order valence-electron chi connectivity index (χ4n) is 1.55. The van der Waals surface area contributed by atoms with Gasteiger partial charge in [0.1, 0.15) is 11.3 Å². The third-order valence-electron chi connectivity index (χ3n) is 2.30. The van der Waals surface area contributed by atoms with Gasteiger partial charge in [-0.05, 0) is 24.6 Å². The van der Waals surface area contributed by atoms with Crippen LogP contribution in [-0.4, -0.2) is 16.7 Å². The molecule has 0 unspecified atom stereocenters. The molecule has 1 aromatic heterocycles. The number of pyridine rings is 1. The van der Waals surface area contributed by atoms with Gasteiger partial charge in [-0.2, -0.15) is 0 Å². The van der Waals surface area contributed by atoms with Crippen LogP contribution in [0.3, 0.4) is 0 Å². The lowest BCUT2D eigenvalue weighted by molar-refractivity contribution is 0.135. The van der Waals surface area contributed by atoms with Gasteiger partial charge < -0.3 is 9.84 Å². The van der Waals surface area contributed by atoms with Crippen LogP contribution in [0.1, 0.15) is 12.5 Å². The number of fused-ring (bicyclic) bond motifs is 1. The van der Waals surface area contributed by atoms with Crippen molar-refractivity contribution >= 4 is 10.9 Å². The van der Waals surface area contributed by atoms with E-state index in [-0.39, 0.29) is 5.75 Å². The monoisotopic (exact) mass is 203 g/mol. The topological polar surface area (TPSA) is 42.4 Å². The summed E-state index contributed by atoms with van der Waals surface area (Å²) in [5, 5.41) is 10.6. The van der Waals surface area contributed by atoms with Gasteiger partial charge in [0.2, 0.25) is 0 Å². The normalized spacial score (nSPS) is 10.7. The molecule has 0 fully saturated rings. The minimum atomic E-state index is 0.214. The van der Waals surface area contributed by atoms with Crippen molar-refractivity contribution in [2.24, 2.45) is 0 Å².